The lowest BCUT2D eigenvalue weighted by Crippen LogP contribution is -2.27. The van der Waals surface area contributed by atoms with Gasteiger partial charge in [-0.05, 0) is 58.8 Å². The lowest BCUT2D eigenvalue weighted by Gasteiger charge is -2.16. The Morgan fingerprint density at radius 2 is 2.11 bits per heavy atom. The molecule has 2 unspecified atom stereocenters. The van der Waals surface area contributed by atoms with Gasteiger partial charge in [0.15, 0.2) is 0 Å². The number of halogens is 1. The molecule has 1 aliphatic carbocycles. The van der Waals surface area contributed by atoms with E-state index in [9.17, 15) is 0 Å². The van der Waals surface area contributed by atoms with E-state index in [4.69, 9.17) is 5.73 Å². The van der Waals surface area contributed by atoms with Gasteiger partial charge >= 0.3 is 0 Å². The van der Waals surface area contributed by atoms with Crippen LogP contribution in [0.15, 0.2) is 22.7 Å². The maximum atomic E-state index is 5.90. The Labute approximate surface area is 118 Å². The highest BCUT2D eigenvalue weighted by atomic mass is 79.9. The monoisotopic (exact) mass is 310 g/mol. The predicted molar refractivity (Wildman–Crippen MR) is 81.4 cm³/mol. The van der Waals surface area contributed by atoms with Gasteiger partial charge in [-0.15, -0.1) is 0 Å². The molecule has 0 amide bonds. The number of nitrogen functional groups attached to an aromatic ring is 1. The molecule has 1 aromatic rings. The minimum Gasteiger partial charge on any atom is -0.398 e. The number of hydrogen-bond acceptors (Lipinski definition) is 2. The molecule has 1 aromatic carbocycles. The van der Waals surface area contributed by atoms with Gasteiger partial charge in [0.2, 0.25) is 0 Å². The van der Waals surface area contributed by atoms with Gasteiger partial charge < -0.3 is 11.1 Å². The van der Waals surface area contributed by atoms with Crippen LogP contribution in [0, 0.1) is 5.92 Å². The molecule has 1 fully saturated rings. The third kappa shape index (κ3) is 3.99. The summed E-state index contributed by atoms with van der Waals surface area (Å²) in [6.45, 7) is 3.30. The fraction of sp³-hybridized carbons (Fsp3) is 0.600. The topological polar surface area (TPSA) is 38.0 Å². The van der Waals surface area contributed by atoms with Gasteiger partial charge in [0.25, 0.3) is 0 Å². The average Bonchev–Trinajstić information content (AvgIpc) is 2.56. The fourth-order valence-electron chi connectivity index (χ4n) is 2.66. The summed E-state index contributed by atoms with van der Waals surface area (Å²) in [4.78, 5) is 0. The maximum Gasteiger partial charge on any atom is 0.0461 e. The van der Waals surface area contributed by atoms with E-state index in [0.29, 0.717) is 6.04 Å². The Bertz CT molecular complexity index is 392. The Morgan fingerprint density at radius 1 is 1.28 bits per heavy atom. The van der Waals surface area contributed by atoms with Crippen LogP contribution in [-0.4, -0.2) is 6.04 Å². The van der Waals surface area contributed by atoms with Crippen molar-refractivity contribution in [3.05, 3.63) is 28.2 Å². The second-order valence-corrected chi connectivity index (χ2v) is 6.40. The summed E-state index contributed by atoms with van der Waals surface area (Å²) in [5, 5.41) is 3.67. The van der Waals surface area contributed by atoms with Gasteiger partial charge in [-0.2, -0.15) is 0 Å². The van der Waals surface area contributed by atoms with Crippen LogP contribution in [-0.2, 0) is 6.54 Å². The van der Waals surface area contributed by atoms with Crippen LogP contribution >= 0.6 is 15.9 Å². The maximum absolute atomic E-state index is 5.90. The van der Waals surface area contributed by atoms with Crippen LogP contribution in [0.5, 0.6) is 0 Å². The molecule has 0 aromatic heterocycles. The van der Waals surface area contributed by atoms with Crippen LogP contribution in [0.3, 0.4) is 0 Å². The molecule has 0 spiro atoms. The van der Waals surface area contributed by atoms with E-state index in [1.54, 1.807) is 0 Å². The molecule has 0 saturated heterocycles. The van der Waals surface area contributed by atoms with Crippen molar-refractivity contribution in [2.24, 2.45) is 5.92 Å². The molecule has 0 aliphatic heterocycles. The molecule has 1 saturated carbocycles. The lowest BCUT2D eigenvalue weighted by molar-refractivity contribution is 0.447. The first-order chi connectivity index (χ1) is 8.65. The summed E-state index contributed by atoms with van der Waals surface area (Å²) in [5.74, 6) is 0.903. The summed E-state index contributed by atoms with van der Waals surface area (Å²) in [6, 6.07) is 6.89. The van der Waals surface area contributed by atoms with E-state index in [0.717, 1.165) is 22.6 Å². The number of nitrogens with two attached hydrogens (primary N) is 1. The quantitative estimate of drug-likeness (QED) is 0.652. The second-order valence-electron chi connectivity index (χ2n) is 5.55. The first-order valence-corrected chi connectivity index (χ1v) is 7.71. The summed E-state index contributed by atoms with van der Waals surface area (Å²) < 4.78 is 0.981. The number of hydrogen-bond donors (Lipinski definition) is 2. The van der Waals surface area contributed by atoms with Gasteiger partial charge in [0.1, 0.15) is 0 Å². The fourth-order valence-corrected chi connectivity index (χ4v) is 2.90. The minimum atomic E-state index is 0.680. The summed E-state index contributed by atoms with van der Waals surface area (Å²) in [6.07, 6.45) is 6.74. The van der Waals surface area contributed by atoms with Crippen LogP contribution in [0.2, 0.25) is 0 Å². The van der Waals surface area contributed by atoms with Crippen LogP contribution in [0.4, 0.5) is 5.69 Å². The molecule has 1 aliphatic rings. The summed E-state index contributed by atoms with van der Waals surface area (Å²) in [5.41, 5.74) is 7.99. The van der Waals surface area contributed by atoms with Gasteiger partial charge in [-0.1, -0.05) is 25.8 Å². The van der Waals surface area contributed by atoms with E-state index in [1.165, 1.54) is 37.7 Å². The highest BCUT2D eigenvalue weighted by Gasteiger charge is 2.15. The highest BCUT2D eigenvalue weighted by molar-refractivity contribution is 9.10. The molecule has 100 valence electrons. The van der Waals surface area contributed by atoms with Crippen LogP contribution in [0.25, 0.3) is 0 Å². The minimum absolute atomic E-state index is 0.680. The molecule has 3 N–H and O–H groups in total. The van der Waals surface area contributed by atoms with Gasteiger partial charge in [-0.25, -0.2) is 0 Å². The van der Waals surface area contributed by atoms with E-state index < -0.39 is 0 Å². The van der Waals surface area contributed by atoms with Crippen LogP contribution < -0.4 is 11.1 Å². The van der Waals surface area contributed by atoms with Crippen molar-refractivity contribution in [1.82, 2.24) is 5.32 Å². The SMILES string of the molecule is CC1CCCC(NCc2ccc(Br)c(N)c2)CC1. The molecular formula is C15H23BrN2. The zero-order valence-corrected chi connectivity index (χ0v) is 12.7. The Hall–Kier alpha value is -0.540. The smallest absolute Gasteiger partial charge is 0.0461 e. The molecule has 3 heteroatoms. The third-order valence-electron chi connectivity index (χ3n) is 3.91. The molecule has 18 heavy (non-hydrogen) atoms. The molecule has 2 nitrogen and oxygen atoms in total. The largest absolute Gasteiger partial charge is 0.398 e. The van der Waals surface area contributed by atoms with Crippen molar-refractivity contribution < 1.29 is 0 Å². The third-order valence-corrected chi connectivity index (χ3v) is 4.63. The van der Waals surface area contributed by atoms with E-state index in [1.807, 2.05) is 6.07 Å². The highest BCUT2D eigenvalue weighted by Crippen LogP contribution is 2.23. The van der Waals surface area contributed by atoms with Gasteiger partial charge in [0.05, 0.1) is 0 Å². The van der Waals surface area contributed by atoms with Crippen molar-refractivity contribution >= 4 is 21.6 Å². The summed E-state index contributed by atoms with van der Waals surface area (Å²) in [7, 11) is 0. The molecule has 0 heterocycles. The Kier molecular flexibility index (Phi) is 5.07. The van der Waals surface area contributed by atoms with Crippen molar-refractivity contribution in [2.45, 2.75) is 51.6 Å². The average molecular weight is 311 g/mol. The first kappa shape index (κ1) is 13.9. The Balaban J connectivity index is 1.85. The molecule has 2 atom stereocenters. The molecular weight excluding hydrogens is 288 g/mol. The first-order valence-electron chi connectivity index (χ1n) is 6.92. The van der Waals surface area contributed by atoms with Gasteiger partial charge in [0, 0.05) is 22.7 Å². The zero-order valence-electron chi connectivity index (χ0n) is 11.1. The Morgan fingerprint density at radius 3 is 2.89 bits per heavy atom. The van der Waals surface area contributed by atoms with Gasteiger partial charge in [-0.3, -0.25) is 0 Å². The van der Waals surface area contributed by atoms with E-state index in [-0.39, 0.29) is 0 Å². The molecule has 2 rings (SSSR count). The summed E-state index contributed by atoms with van der Waals surface area (Å²) >= 11 is 3.43. The molecule has 0 radical (unpaired) electrons. The van der Waals surface area contributed by atoms with E-state index in [2.05, 4.69) is 40.3 Å². The number of anilines is 1. The second kappa shape index (κ2) is 6.58. The number of rotatable bonds is 3. The lowest BCUT2D eigenvalue weighted by atomic mass is 10.0. The normalized spacial score (nSPS) is 24.8. The van der Waals surface area contributed by atoms with Crippen LogP contribution in [0.1, 0.15) is 44.6 Å². The van der Waals surface area contributed by atoms with E-state index >= 15 is 0 Å². The van der Waals surface area contributed by atoms with Crippen molar-refractivity contribution in [3.8, 4) is 0 Å². The van der Waals surface area contributed by atoms with Crippen molar-refractivity contribution in [3.63, 3.8) is 0 Å². The van der Waals surface area contributed by atoms with Crippen molar-refractivity contribution in [1.29, 1.82) is 0 Å². The number of nitrogens with one attached hydrogen (secondary N) is 1. The molecule has 0 bridgehead atoms. The standard InChI is InChI=1S/C15H23BrN2/c1-11-3-2-4-13(7-5-11)18-10-12-6-8-14(16)15(17)9-12/h6,8-9,11,13,18H,2-5,7,10,17H2,1H3. The zero-order chi connectivity index (χ0) is 13.0. The van der Waals surface area contributed by atoms with Crippen molar-refractivity contribution in [2.75, 3.05) is 5.73 Å². The number of benzene rings is 1. The predicted octanol–water partition coefficient (Wildman–Crippen LogP) is 4.09.